The molecule has 0 radical (unpaired) electrons. The van der Waals surface area contributed by atoms with E-state index in [1.807, 2.05) is 20.8 Å². The Labute approximate surface area is 156 Å². The minimum Gasteiger partial charge on any atom is -0.464 e. The lowest BCUT2D eigenvalue weighted by atomic mass is 9.83. The van der Waals surface area contributed by atoms with Gasteiger partial charge in [-0.25, -0.2) is 9.98 Å². The molecule has 4 nitrogen and oxygen atoms in total. The molecule has 2 aliphatic rings. The van der Waals surface area contributed by atoms with Crippen LogP contribution in [0.4, 0.5) is 0 Å². The maximum atomic E-state index is 6.11. The fraction of sp³-hybridized carbons (Fsp3) is 0.455. The minimum atomic E-state index is -0.590. The van der Waals surface area contributed by atoms with Gasteiger partial charge in [0.05, 0.1) is 5.71 Å². The molecule has 0 spiro atoms. The molecule has 1 heterocycles. The summed E-state index contributed by atoms with van der Waals surface area (Å²) in [5.74, 6) is 1.12. The van der Waals surface area contributed by atoms with Crippen LogP contribution in [0, 0.1) is 0 Å². The van der Waals surface area contributed by atoms with Crippen LogP contribution in [0.3, 0.4) is 0 Å². The Morgan fingerprint density at radius 2 is 1.88 bits per heavy atom. The Hall–Kier alpha value is -2.36. The second kappa shape index (κ2) is 7.48. The molecule has 138 valence electrons. The summed E-state index contributed by atoms with van der Waals surface area (Å²) in [5.41, 5.74) is 9.95. The van der Waals surface area contributed by atoms with Gasteiger partial charge in [-0.2, -0.15) is 0 Å². The first-order valence-corrected chi connectivity index (χ1v) is 9.46. The summed E-state index contributed by atoms with van der Waals surface area (Å²) in [4.78, 5) is 9.01. The van der Waals surface area contributed by atoms with Crippen LogP contribution in [0.1, 0.15) is 69.9 Å². The predicted molar refractivity (Wildman–Crippen MR) is 108 cm³/mol. The molecule has 0 atom stereocenters. The third-order valence-electron chi connectivity index (χ3n) is 5.19. The van der Waals surface area contributed by atoms with Gasteiger partial charge in [-0.15, -0.1) is 0 Å². The van der Waals surface area contributed by atoms with Crippen molar-refractivity contribution in [1.29, 1.82) is 0 Å². The van der Waals surface area contributed by atoms with Crippen molar-refractivity contribution in [2.24, 2.45) is 15.7 Å². The van der Waals surface area contributed by atoms with E-state index < -0.39 is 5.60 Å². The van der Waals surface area contributed by atoms with Crippen molar-refractivity contribution >= 4 is 11.6 Å². The van der Waals surface area contributed by atoms with Crippen molar-refractivity contribution < 1.29 is 4.74 Å². The van der Waals surface area contributed by atoms with E-state index in [2.05, 4.69) is 35.8 Å². The lowest BCUT2D eigenvalue weighted by molar-refractivity contribution is 0.164. The molecule has 0 aromatic heterocycles. The maximum absolute atomic E-state index is 6.11. The van der Waals surface area contributed by atoms with Crippen LogP contribution < -0.4 is 5.73 Å². The van der Waals surface area contributed by atoms with Crippen LogP contribution in [-0.4, -0.2) is 17.2 Å². The molecule has 0 saturated heterocycles. The number of rotatable bonds is 3. The molecule has 26 heavy (non-hydrogen) atoms. The van der Waals surface area contributed by atoms with E-state index >= 15 is 0 Å². The van der Waals surface area contributed by atoms with Crippen molar-refractivity contribution in [3.05, 3.63) is 59.6 Å². The Bertz CT molecular complexity index is 759. The SMILES string of the molecule is C=C/N=C1/OC(C)(C)C(c2ccc(C3CCCCC3)cc2)=N/C1=C(/C)N. The number of hydrogen-bond acceptors (Lipinski definition) is 4. The third-order valence-corrected chi connectivity index (χ3v) is 5.19. The van der Waals surface area contributed by atoms with Crippen LogP contribution in [0.2, 0.25) is 0 Å². The number of nitrogens with two attached hydrogens (primary N) is 1. The van der Waals surface area contributed by atoms with Crippen molar-refractivity contribution in [1.82, 2.24) is 0 Å². The molecular weight excluding hydrogens is 322 g/mol. The van der Waals surface area contributed by atoms with Crippen LogP contribution in [-0.2, 0) is 4.74 Å². The molecule has 1 saturated carbocycles. The Morgan fingerprint density at radius 3 is 2.46 bits per heavy atom. The average Bonchev–Trinajstić information content (AvgIpc) is 2.62. The molecule has 1 aliphatic carbocycles. The number of aliphatic imine (C=N–C) groups is 2. The molecule has 1 aromatic rings. The summed E-state index contributed by atoms with van der Waals surface area (Å²) >= 11 is 0. The highest BCUT2D eigenvalue weighted by atomic mass is 16.5. The smallest absolute Gasteiger partial charge is 0.242 e. The lowest BCUT2D eigenvalue weighted by Crippen LogP contribution is -2.42. The van der Waals surface area contributed by atoms with Gasteiger partial charge in [-0.05, 0) is 45.1 Å². The van der Waals surface area contributed by atoms with E-state index in [4.69, 9.17) is 15.5 Å². The van der Waals surface area contributed by atoms with Crippen molar-refractivity contribution in [2.45, 2.75) is 64.4 Å². The summed E-state index contributed by atoms with van der Waals surface area (Å²) in [6.07, 6.45) is 8.11. The highest BCUT2D eigenvalue weighted by molar-refractivity contribution is 6.13. The second-order valence-corrected chi connectivity index (χ2v) is 7.68. The second-order valence-electron chi connectivity index (χ2n) is 7.68. The quantitative estimate of drug-likeness (QED) is 0.827. The van der Waals surface area contributed by atoms with Gasteiger partial charge in [0.25, 0.3) is 0 Å². The van der Waals surface area contributed by atoms with Gasteiger partial charge in [0.1, 0.15) is 11.3 Å². The fourth-order valence-corrected chi connectivity index (χ4v) is 3.82. The Morgan fingerprint density at radius 1 is 1.23 bits per heavy atom. The molecule has 2 N–H and O–H groups in total. The highest BCUT2D eigenvalue weighted by Gasteiger charge is 2.36. The molecule has 0 amide bonds. The van der Waals surface area contributed by atoms with Crippen LogP contribution >= 0.6 is 0 Å². The van der Waals surface area contributed by atoms with E-state index in [1.54, 1.807) is 0 Å². The van der Waals surface area contributed by atoms with Crippen molar-refractivity contribution in [3.8, 4) is 0 Å². The van der Waals surface area contributed by atoms with Gasteiger partial charge in [-0.1, -0.05) is 50.1 Å². The number of benzene rings is 1. The van der Waals surface area contributed by atoms with Crippen LogP contribution in [0.15, 0.2) is 58.4 Å². The molecule has 3 rings (SSSR count). The first-order valence-electron chi connectivity index (χ1n) is 9.46. The summed E-state index contributed by atoms with van der Waals surface area (Å²) in [6, 6.07) is 8.81. The first-order chi connectivity index (χ1) is 12.4. The molecule has 0 bridgehead atoms. The summed E-state index contributed by atoms with van der Waals surface area (Å²) in [6.45, 7) is 9.46. The van der Waals surface area contributed by atoms with E-state index in [9.17, 15) is 0 Å². The van der Waals surface area contributed by atoms with Crippen molar-refractivity contribution in [2.75, 3.05) is 0 Å². The third kappa shape index (κ3) is 3.74. The van der Waals surface area contributed by atoms with Crippen LogP contribution in [0.25, 0.3) is 0 Å². The predicted octanol–water partition coefficient (Wildman–Crippen LogP) is 5.06. The van der Waals surface area contributed by atoms with Gasteiger partial charge >= 0.3 is 0 Å². The molecule has 0 unspecified atom stereocenters. The Kier molecular flexibility index (Phi) is 5.30. The molecule has 1 aromatic carbocycles. The lowest BCUT2D eigenvalue weighted by Gasteiger charge is -2.33. The molecular formula is C22H29N3O. The number of allylic oxidation sites excluding steroid dienone is 1. The average molecular weight is 351 g/mol. The van der Waals surface area contributed by atoms with Gasteiger partial charge in [0.15, 0.2) is 0 Å². The zero-order chi connectivity index (χ0) is 18.7. The van der Waals surface area contributed by atoms with E-state index in [1.165, 1.54) is 43.9 Å². The minimum absolute atomic E-state index is 0.424. The van der Waals surface area contributed by atoms with Gasteiger partial charge < -0.3 is 10.5 Å². The Balaban J connectivity index is 1.96. The molecule has 1 fully saturated rings. The largest absolute Gasteiger partial charge is 0.464 e. The van der Waals surface area contributed by atoms with E-state index in [0.29, 0.717) is 23.2 Å². The topological polar surface area (TPSA) is 60.0 Å². The molecule has 1 aliphatic heterocycles. The summed E-state index contributed by atoms with van der Waals surface area (Å²) < 4.78 is 6.11. The maximum Gasteiger partial charge on any atom is 0.242 e. The summed E-state index contributed by atoms with van der Waals surface area (Å²) in [5, 5.41) is 0. The standard InChI is InChI=1S/C22H29N3O/c1-5-24-21-19(15(2)23)25-20(22(3,4)26-21)18-13-11-17(12-14-18)16-9-7-6-8-10-16/h5,11-14,16H,1,6-10,23H2,2-4H3/b19-15-,24-21+. The molecule has 4 heteroatoms. The fourth-order valence-electron chi connectivity index (χ4n) is 3.82. The van der Waals surface area contributed by atoms with Gasteiger partial charge in [0, 0.05) is 17.5 Å². The van der Waals surface area contributed by atoms with E-state index in [-0.39, 0.29) is 0 Å². The summed E-state index contributed by atoms with van der Waals surface area (Å²) in [7, 11) is 0. The zero-order valence-electron chi connectivity index (χ0n) is 16.1. The highest BCUT2D eigenvalue weighted by Crippen LogP contribution is 2.34. The van der Waals surface area contributed by atoms with Gasteiger partial charge in [-0.3, -0.25) is 0 Å². The first kappa shape index (κ1) is 18.4. The number of hydrogen-bond donors (Lipinski definition) is 1. The van der Waals surface area contributed by atoms with E-state index in [0.717, 1.165) is 11.3 Å². The normalized spacial score (nSPS) is 24.0. The number of ether oxygens (including phenoxy) is 1. The monoisotopic (exact) mass is 351 g/mol. The zero-order valence-corrected chi connectivity index (χ0v) is 16.1. The van der Waals surface area contributed by atoms with Gasteiger partial charge in [0.2, 0.25) is 5.90 Å². The van der Waals surface area contributed by atoms with Crippen LogP contribution in [0.5, 0.6) is 0 Å². The van der Waals surface area contributed by atoms with Crippen molar-refractivity contribution in [3.63, 3.8) is 0 Å². The number of nitrogens with zero attached hydrogens (tertiary/aromatic N) is 2.